The van der Waals surface area contributed by atoms with Gasteiger partial charge in [0.15, 0.2) is 0 Å². The SMILES string of the molecule is C/C(=N/O)c1ccc(S(=O)(=O)c2cc(F)cc([C@]3(O)CCO[C@@H](C)C3)c2)cc1. The van der Waals surface area contributed by atoms with Gasteiger partial charge in [0.25, 0.3) is 0 Å². The number of aliphatic hydroxyl groups is 1. The van der Waals surface area contributed by atoms with Crippen molar-refractivity contribution in [3.63, 3.8) is 0 Å². The van der Waals surface area contributed by atoms with Crippen LogP contribution >= 0.6 is 0 Å². The van der Waals surface area contributed by atoms with Crippen molar-refractivity contribution < 1.29 is 27.9 Å². The van der Waals surface area contributed by atoms with Gasteiger partial charge in [-0.1, -0.05) is 17.3 Å². The fourth-order valence-corrected chi connectivity index (χ4v) is 4.70. The van der Waals surface area contributed by atoms with Gasteiger partial charge in [-0.15, -0.1) is 0 Å². The molecule has 0 unspecified atom stereocenters. The Morgan fingerprint density at radius 2 is 1.89 bits per heavy atom. The van der Waals surface area contributed by atoms with E-state index in [1.807, 2.05) is 0 Å². The van der Waals surface area contributed by atoms with E-state index >= 15 is 0 Å². The van der Waals surface area contributed by atoms with Crippen molar-refractivity contribution in [2.45, 2.75) is 48.2 Å². The van der Waals surface area contributed by atoms with Crippen LogP contribution in [-0.4, -0.2) is 37.2 Å². The summed E-state index contributed by atoms with van der Waals surface area (Å²) in [5, 5.41) is 22.8. The van der Waals surface area contributed by atoms with Crippen molar-refractivity contribution in [3.8, 4) is 0 Å². The Labute approximate surface area is 163 Å². The van der Waals surface area contributed by atoms with Crippen LogP contribution in [0.1, 0.15) is 37.8 Å². The average Bonchev–Trinajstić information content (AvgIpc) is 2.67. The topological polar surface area (TPSA) is 96.2 Å². The largest absolute Gasteiger partial charge is 0.411 e. The molecule has 0 aromatic heterocycles. The summed E-state index contributed by atoms with van der Waals surface area (Å²) < 4.78 is 45.7. The van der Waals surface area contributed by atoms with Crippen molar-refractivity contribution in [2.24, 2.45) is 5.16 Å². The van der Waals surface area contributed by atoms with Crippen LogP contribution in [0.25, 0.3) is 0 Å². The highest BCUT2D eigenvalue weighted by Gasteiger charge is 2.36. The average molecular weight is 407 g/mol. The van der Waals surface area contributed by atoms with Crippen LogP contribution < -0.4 is 0 Å². The van der Waals surface area contributed by atoms with Gasteiger partial charge in [0.05, 0.1) is 33.8 Å². The predicted molar refractivity (Wildman–Crippen MR) is 101 cm³/mol. The summed E-state index contributed by atoms with van der Waals surface area (Å²) in [4.78, 5) is -0.249. The van der Waals surface area contributed by atoms with Gasteiger partial charge in [-0.25, -0.2) is 12.8 Å². The number of rotatable bonds is 4. The molecule has 0 saturated carbocycles. The number of halogens is 1. The van der Waals surface area contributed by atoms with Gasteiger partial charge in [0.1, 0.15) is 5.82 Å². The van der Waals surface area contributed by atoms with Gasteiger partial charge < -0.3 is 15.1 Å². The number of ether oxygens (including phenoxy) is 1. The van der Waals surface area contributed by atoms with Gasteiger partial charge >= 0.3 is 0 Å². The molecule has 1 heterocycles. The normalized spacial score (nSPS) is 23.6. The molecular weight excluding hydrogens is 385 g/mol. The number of oxime groups is 1. The second-order valence-electron chi connectivity index (χ2n) is 7.06. The zero-order valence-corrected chi connectivity index (χ0v) is 16.4. The van der Waals surface area contributed by atoms with Gasteiger partial charge in [-0.3, -0.25) is 0 Å². The number of hydrogen-bond acceptors (Lipinski definition) is 6. The maximum Gasteiger partial charge on any atom is 0.206 e. The van der Waals surface area contributed by atoms with Gasteiger partial charge in [-0.05, 0) is 55.3 Å². The van der Waals surface area contributed by atoms with E-state index in [1.165, 1.54) is 36.4 Å². The standard InChI is InChI=1S/C20H22FNO5S/c1-13-12-20(23,7-8-27-13)16-9-17(21)11-19(10-16)28(25,26)18-5-3-15(4-6-18)14(2)22-24/h3-6,9-11,13,23-24H,7-8,12H2,1-2H3/b22-14-/t13-,20-/m0/s1. The van der Waals surface area contributed by atoms with Crippen molar-refractivity contribution in [2.75, 3.05) is 6.61 Å². The number of sulfone groups is 1. The molecular formula is C20H22FNO5S. The highest BCUT2D eigenvalue weighted by atomic mass is 32.2. The lowest BCUT2D eigenvalue weighted by molar-refractivity contribution is -0.101. The number of hydrogen-bond donors (Lipinski definition) is 2. The predicted octanol–water partition coefficient (Wildman–Crippen LogP) is 3.24. The summed E-state index contributed by atoms with van der Waals surface area (Å²) >= 11 is 0. The molecule has 1 aliphatic rings. The Bertz CT molecular complexity index is 1000. The molecule has 1 fully saturated rings. The molecule has 1 aliphatic heterocycles. The summed E-state index contributed by atoms with van der Waals surface area (Å²) in [5.41, 5.74) is -0.219. The van der Waals surface area contributed by atoms with Crippen molar-refractivity contribution >= 4 is 15.5 Å². The third-order valence-corrected chi connectivity index (χ3v) is 6.74. The van der Waals surface area contributed by atoms with Crippen LogP contribution in [0.15, 0.2) is 57.4 Å². The molecule has 8 heteroatoms. The molecule has 0 spiro atoms. The first-order chi connectivity index (χ1) is 13.2. The van der Waals surface area contributed by atoms with Crippen LogP contribution in [-0.2, 0) is 20.2 Å². The summed E-state index contributed by atoms with van der Waals surface area (Å²) in [6.45, 7) is 3.70. The molecule has 150 valence electrons. The highest BCUT2D eigenvalue weighted by molar-refractivity contribution is 7.91. The van der Waals surface area contributed by atoms with Crippen LogP contribution in [0, 0.1) is 5.82 Å². The van der Waals surface area contributed by atoms with E-state index in [0.717, 1.165) is 6.07 Å². The van der Waals surface area contributed by atoms with E-state index in [0.29, 0.717) is 17.9 Å². The van der Waals surface area contributed by atoms with Gasteiger partial charge in [-0.2, -0.15) is 0 Å². The van der Waals surface area contributed by atoms with Crippen LogP contribution in [0.2, 0.25) is 0 Å². The van der Waals surface area contributed by atoms with E-state index in [4.69, 9.17) is 9.94 Å². The molecule has 1 saturated heterocycles. The fourth-order valence-electron chi connectivity index (χ4n) is 3.38. The minimum absolute atomic E-state index is 0.0223. The third kappa shape index (κ3) is 3.94. The minimum Gasteiger partial charge on any atom is -0.411 e. The zero-order valence-electron chi connectivity index (χ0n) is 15.6. The van der Waals surface area contributed by atoms with E-state index < -0.39 is 21.3 Å². The zero-order chi connectivity index (χ0) is 20.5. The molecule has 2 atom stereocenters. The Morgan fingerprint density at radius 1 is 1.21 bits per heavy atom. The molecule has 2 aromatic rings. The molecule has 0 radical (unpaired) electrons. The quantitative estimate of drug-likeness (QED) is 0.461. The van der Waals surface area contributed by atoms with Crippen LogP contribution in [0.3, 0.4) is 0 Å². The van der Waals surface area contributed by atoms with Crippen LogP contribution in [0.5, 0.6) is 0 Å². The summed E-state index contributed by atoms with van der Waals surface area (Å²) in [5.74, 6) is -0.733. The number of nitrogens with zero attached hydrogens (tertiary/aromatic N) is 1. The Morgan fingerprint density at radius 3 is 2.50 bits per heavy atom. The third-order valence-electron chi connectivity index (χ3n) is 4.99. The summed E-state index contributed by atoms with van der Waals surface area (Å²) in [6.07, 6.45) is 0.296. The van der Waals surface area contributed by atoms with Crippen molar-refractivity contribution in [1.29, 1.82) is 0 Å². The maximum atomic E-state index is 14.3. The van der Waals surface area contributed by atoms with E-state index in [1.54, 1.807) is 13.8 Å². The Hall–Kier alpha value is -2.29. The van der Waals surface area contributed by atoms with E-state index in [9.17, 15) is 17.9 Å². The number of benzene rings is 2. The maximum absolute atomic E-state index is 14.3. The van der Waals surface area contributed by atoms with Crippen LogP contribution in [0.4, 0.5) is 4.39 Å². The second-order valence-corrected chi connectivity index (χ2v) is 9.01. The first-order valence-corrected chi connectivity index (χ1v) is 10.3. The molecule has 0 amide bonds. The Kier molecular flexibility index (Phi) is 5.56. The lowest BCUT2D eigenvalue weighted by Gasteiger charge is -2.36. The molecule has 28 heavy (non-hydrogen) atoms. The second kappa shape index (κ2) is 7.62. The lowest BCUT2D eigenvalue weighted by atomic mass is 9.84. The minimum atomic E-state index is -4.00. The van der Waals surface area contributed by atoms with Gasteiger partial charge in [0, 0.05) is 12.8 Å². The molecule has 2 N–H and O–H groups in total. The van der Waals surface area contributed by atoms with E-state index in [2.05, 4.69) is 5.16 Å². The molecule has 0 bridgehead atoms. The molecule has 0 aliphatic carbocycles. The first kappa shape index (κ1) is 20.4. The molecule has 6 nitrogen and oxygen atoms in total. The Balaban J connectivity index is 2.02. The van der Waals surface area contributed by atoms with Gasteiger partial charge in [0.2, 0.25) is 9.84 Å². The fraction of sp³-hybridized carbons (Fsp3) is 0.350. The smallest absolute Gasteiger partial charge is 0.206 e. The first-order valence-electron chi connectivity index (χ1n) is 8.85. The lowest BCUT2D eigenvalue weighted by Crippen LogP contribution is -2.37. The summed E-state index contributed by atoms with van der Waals surface area (Å²) in [7, 11) is -4.00. The monoisotopic (exact) mass is 407 g/mol. The highest BCUT2D eigenvalue weighted by Crippen LogP contribution is 2.36. The molecule has 2 aromatic carbocycles. The van der Waals surface area contributed by atoms with Crippen molar-refractivity contribution in [3.05, 3.63) is 59.4 Å². The summed E-state index contributed by atoms with van der Waals surface area (Å²) in [6, 6.07) is 9.20. The van der Waals surface area contributed by atoms with E-state index in [-0.39, 0.29) is 34.3 Å². The molecule has 3 rings (SSSR count). The van der Waals surface area contributed by atoms with Crippen molar-refractivity contribution in [1.82, 2.24) is 0 Å².